The van der Waals surface area contributed by atoms with Gasteiger partial charge in [-0.2, -0.15) is 5.10 Å². The van der Waals surface area contributed by atoms with Crippen molar-refractivity contribution in [2.75, 3.05) is 0 Å². The van der Waals surface area contributed by atoms with Crippen molar-refractivity contribution < 1.29 is 4.74 Å². The number of nitrogens with zero attached hydrogens (tertiary/aromatic N) is 2. The summed E-state index contributed by atoms with van der Waals surface area (Å²) in [5.41, 5.74) is 3.52. The second-order valence-corrected chi connectivity index (χ2v) is 4.65. The third-order valence-electron chi connectivity index (χ3n) is 2.92. The first-order valence-electron chi connectivity index (χ1n) is 6.41. The summed E-state index contributed by atoms with van der Waals surface area (Å²) in [6, 6.07) is 8.18. The van der Waals surface area contributed by atoms with Crippen LogP contribution < -0.4 is 4.74 Å². The lowest BCUT2D eigenvalue weighted by atomic mass is 10.1. The van der Waals surface area contributed by atoms with E-state index in [9.17, 15) is 0 Å². The fraction of sp³-hybridized carbons (Fsp3) is 0.400. The number of benzene rings is 1. The maximum absolute atomic E-state index is 5.72. The Kier molecular flexibility index (Phi) is 3.70. The Morgan fingerprint density at radius 3 is 2.72 bits per heavy atom. The molecule has 0 unspecified atom stereocenters. The van der Waals surface area contributed by atoms with Crippen molar-refractivity contribution in [2.24, 2.45) is 0 Å². The summed E-state index contributed by atoms with van der Waals surface area (Å²) in [7, 11) is 0. The van der Waals surface area contributed by atoms with Gasteiger partial charge in [-0.3, -0.25) is 4.68 Å². The molecule has 18 heavy (non-hydrogen) atoms. The minimum atomic E-state index is 0.194. The first-order chi connectivity index (χ1) is 8.61. The summed E-state index contributed by atoms with van der Waals surface area (Å²) < 4.78 is 7.73. The second-order valence-electron chi connectivity index (χ2n) is 4.65. The van der Waals surface area contributed by atoms with Crippen molar-refractivity contribution in [1.82, 2.24) is 9.78 Å². The molecule has 0 aliphatic carbocycles. The smallest absolute Gasteiger partial charge is 0.120 e. The molecule has 0 bridgehead atoms. The predicted molar refractivity (Wildman–Crippen MR) is 73.8 cm³/mol. The largest absolute Gasteiger partial charge is 0.491 e. The molecule has 0 amide bonds. The van der Waals surface area contributed by atoms with Crippen LogP contribution in [0.25, 0.3) is 11.1 Å². The van der Waals surface area contributed by atoms with Crippen LogP contribution >= 0.6 is 0 Å². The second kappa shape index (κ2) is 5.25. The summed E-state index contributed by atoms with van der Waals surface area (Å²) in [5.74, 6) is 0.908. The molecule has 0 N–H and O–H groups in total. The molecule has 0 aliphatic rings. The van der Waals surface area contributed by atoms with Gasteiger partial charge in [0.1, 0.15) is 5.75 Å². The van der Waals surface area contributed by atoms with Gasteiger partial charge in [0.2, 0.25) is 0 Å². The van der Waals surface area contributed by atoms with Gasteiger partial charge in [-0.1, -0.05) is 12.1 Å². The molecule has 2 rings (SSSR count). The Morgan fingerprint density at radius 1 is 1.33 bits per heavy atom. The third-order valence-corrected chi connectivity index (χ3v) is 2.92. The van der Waals surface area contributed by atoms with E-state index in [2.05, 4.69) is 31.1 Å². The molecule has 96 valence electrons. The number of aryl methyl sites for hydroxylation is 1. The highest BCUT2D eigenvalue weighted by molar-refractivity contribution is 5.66. The highest BCUT2D eigenvalue weighted by atomic mass is 16.5. The highest BCUT2D eigenvalue weighted by Gasteiger charge is 2.08. The summed E-state index contributed by atoms with van der Waals surface area (Å²) in [5, 5.41) is 4.38. The average Bonchev–Trinajstić information content (AvgIpc) is 2.70. The van der Waals surface area contributed by atoms with E-state index in [1.165, 1.54) is 11.3 Å². The first-order valence-corrected chi connectivity index (χ1v) is 6.41. The Balaban J connectivity index is 2.35. The van der Waals surface area contributed by atoms with Crippen LogP contribution in [0.3, 0.4) is 0 Å². The highest BCUT2D eigenvalue weighted by Crippen LogP contribution is 2.26. The molecule has 0 radical (unpaired) electrons. The minimum Gasteiger partial charge on any atom is -0.491 e. The van der Waals surface area contributed by atoms with Gasteiger partial charge in [0.05, 0.1) is 12.3 Å². The van der Waals surface area contributed by atoms with Crippen molar-refractivity contribution in [1.29, 1.82) is 0 Å². The number of hydrogen-bond acceptors (Lipinski definition) is 2. The third kappa shape index (κ3) is 2.55. The van der Waals surface area contributed by atoms with Crippen LogP contribution in [0.2, 0.25) is 0 Å². The number of aromatic nitrogens is 2. The molecular formula is C15H20N2O. The van der Waals surface area contributed by atoms with Crippen LogP contribution in [-0.2, 0) is 6.54 Å². The summed E-state index contributed by atoms with van der Waals surface area (Å²) in [4.78, 5) is 0. The molecular weight excluding hydrogens is 224 g/mol. The Bertz CT molecular complexity index is 529. The fourth-order valence-electron chi connectivity index (χ4n) is 2.06. The molecule has 2 aromatic rings. The van der Waals surface area contributed by atoms with E-state index in [4.69, 9.17) is 4.74 Å². The van der Waals surface area contributed by atoms with Crippen LogP contribution in [0.5, 0.6) is 5.75 Å². The van der Waals surface area contributed by atoms with Gasteiger partial charge < -0.3 is 4.74 Å². The van der Waals surface area contributed by atoms with Gasteiger partial charge in [-0.05, 0) is 45.4 Å². The van der Waals surface area contributed by atoms with Crippen molar-refractivity contribution in [3.63, 3.8) is 0 Å². The molecule has 0 saturated heterocycles. The summed E-state index contributed by atoms with van der Waals surface area (Å²) in [6.45, 7) is 9.16. The SMILES string of the molecule is CCn1ncc(-c2cccc(OC(C)C)c2)c1C. The first kappa shape index (κ1) is 12.7. The monoisotopic (exact) mass is 244 g/mol. The number of ether oxygens (including phenoxy) is 1. The fourth-order valence-corrected chi connectivity index (χ4v) is 2.06. The van der Waals surface area contributed by atoms with Gasteiger partial charge in [0.15, 0.2) is 0 Å². The van der Waals surface area contributed by atoms with Gasteiger partial charge in [-0.25, -0.2) is 0 Å². The molecule has 3 nitrogen and oxygen atoms in total. The molecule has 0 aliphatic heterocycles. The molecule has 0 saturated carbocycles. The van der Waals surface area contributed by atoms with E-state index in [0.29, 0.717) is 0 Å². The van der Waals surface area contributed by atoms with E-state index < -0.39 is 0 Å². The van der Waals surface area contributed by atoms with Crippen molar-refractivity contribution in [3.05, 3.63) is 36.2 Å². The van der Waals surface area contributed by atoms with Gasteiger partial charge in [0, 0.05) is 17.8 Å². The Hall–Kier alpha value is -1.77. The van der Waals surface area contributed by atoms with Crippen molar-refractivity contribution >= 4 is 0 Å². The topological polar surface area (TPSA) is 27.1 Å². The quantitative estimate of drug-likeness (QED) is 0.820. The minimum absolute atomic E-state index is 0.194. The Morgan fingerprint density at radius 2 is 2.11 bits per heavy atom. The Labute approximate surface area is 108 Å². The summed E-state index contributed by atoms with van der Waals surface area (Å²) in [6.07, 6.45) is 2.12. The zero-order valence-electron chi connectivity index (χ0n) is 11.5. The lowest BCUT2D eigenvalue weighted by molar-refractivity contribution is 0.242. The van der Waals surface area contributed by atoms with Crippen molar-refractivity contribution in [2.45, 2.75) is 40.3 Å². The standard InChI is InChI=1S/C15H20N2O/c1-5-17-12(4)15(10-16-17)13-7-6-8-14(9-13)18-11(2)3/h6-11H,5H2,1-4H3. The average molecular weight is 244 g/mol. The summed E-state index contributed by atoms with van der Waals surface area (Å²) >= 11 is 0. The maximum atomic E-state index is 5.72. The van der Waals surface area contributed by atoms with E-state index in [-0.39, 0.29) is 6.10 Å². The predicted octanol–water partition coefficient (Wildman–Crippen LogP) is 3.67. The van der Waals surface area contributed by atoms with Gasteiger partial charge in [0.25, 0.3) is 0 Å². The maximum Gasteiger partial charge on any atom is 0.120 e. The lowest BCUT2D eigenvalue weighted by Crippen LogP contribution is -2.05. The van der Waals surface area contributed by atoms with Crippen LogP contribution in [-0.4, -0.2) is 15.9 Å². The zero-order valence-corrected chi connectivity index (χ0v) is 11.5. The molecule has 1 aromatic heterocycles. The lowest BCUT2D eigenvalue weighted by Gasteiger charge is -2.10. The number of rotatable bonds is 4. The van der Waals surface area contributed by atoms with E-state index >= 15 is 0 Å². The van der Waals surface area contributed by atoms with Crippen molar-refractivity contribution in [3.8, 4) is 16.9 Å². The molecule has 1 aromatic carbocycles. The normalized spacial score (nSPS) is 10.9. The van der Waals surface area contributed by atoms with Crippen LogP contribution in [0.4, 0.5) is 0 Å². The van der Waals surface area contributed by atoms with E-state index in [0.717, 1.165) is 17.9 Å². The number of hydrogen-bond donors (Lipinski definition) is 0. The van der Waals surface area contributed by atoms with Crippen LogP contribution in [0, 0.1) is 6.92 Å². The van der Waals surface area contributed by atoms with Gasteiger partial charge in [-0.15, -0.1) is 0 Å². The molecule has 0 fully saturated rings. The molecule has 0 spiro atoms. The van der Waals surface area contributed by atoms with Crippen LogP contribution in [0.1, 0.15) is 26.5 Å². The molecule has 1 heterocycles. The zero-order chi connectivity index (χ0) is 13.1. The molecule has 0 atom stereocenters. The van der Waals surface area contributed by atoms with E-state index in [1.54, 1.807) is 0 Å². The van der Waals surface area contributed by atoms with E-state index in [1.807, 2.05) is 36.9 Å². The van der Waals surface area contributed by atoms with Gasteiger partial charge >= 0.3 is 0 Å². The molecule has 3 heteroatoms. The van der Waals surface area contributed by atoms with Crippen LogP contribution in [0.15, 0.2) is 30.5 Å².